The molecule has 0 fully saturated rings. The predicted octanol–water partition coefficient (Wildman–Crippen LogP) is 3.56. The zero-order chi connectivity index (χ0) is 18.8. The van der Waals surface area contributed by atoms with Gasteiger partial charge in [-0.2, -0.15) is 0 Å². The van der Waals surface area contributed by atoms with Crippen molar-refractivity contribution in [3.05, 3.63) is 58.6 Å². The molecule has 0 heterocycles. The number of benzene rings is 2. The van der Waals surface area contributed by atoms with E-state index in [-0.39, 0.29) is 21.6 Å². The second-order valence-corrected chi connectivity index (χ2v) is 7.62. The van der Waals surface area contributed by atoms with Crippen molar-refractivity contribution >= 4 is 33.2 Å². The normalized spacial score (nSPS) is 11.6. The van der Waals surface area contributed by atoms with Crippen LogP contribution in [0.15, 0.2) is 41.3 Å². The molecule has 0 spiro atoms. The second kappa shape index (κ2) is 7.47. The summed E-state index contributed by atoms with van der Waals surface area (Å²) in [5.41, 5.74) is -0.323. The first-order chi connectivity index (χ1) is 11.6. The molecule has 0 atom stereocenters. The van der Waals surface area contributed by atoms with E-state index in [2.05, 4.69) is 10.0 Å². The molecule has 0 aliphatic carbocycles. The van der Waals surface area contributed by atoms with Gasteiger partial charge in [-0.25, -0.2) is 21.9 Å². The van der Waals surface area contributed by atoms with E-state index in [1.54, 1.807) is 13.8 Å². The smallest absolute Gasteiger partial charge is 0.258 e. The molecule has 2 rings (SSSR count). The quantitative estimate of drug-likeness (QED) is 0.822. The van der Waals surface area contributed by atoms with Crippen LogP contribution in [0.25, 0.3) is 0 Å². The molecular weight excluding hydrogens is 374 g/mol. The molecule has 0 aliphatic heterocycles. The van der Waals surface area contributed by atoms with Gasteiger partial charge in [0, 0.05) is 11.7 Å². The molecule has 0 radical (unpaired) electrons. The molecule has 1 amide bonds. The van der Waals surface area contributed by atoms with Crippen LogP contribution in [0.4, 0.5) is 14.5 Å². The van der Waals surface area contributed by atoms with E-state index in [9.17, 15) is 22.0 Å². The monoisotopic (exact) mass is 388 g/mol. The Kier molecular flexibility index (Phi) is 5.76. The highest BCUT2D eigenvalue weighted by Crippen LogP contribution is 2.21. The van der Waals surface area contributed by atoms with Crippen LogP contribution in [-0.4, -0.2) is 20.4 Å². The molecule has 2 N–H and O–H groups in total. The first-order valence-electron chi connectivity index (χ1n) is 7.18. The summed E-state index contributed by atoms with van der Waals surface area (Å²) in [5, 5.41) is 2.13. The molecule has 0 unspecified atom stereocenters. The number of carbonyl (C=O) groups is 1. The van der Waals surface area contributed by atoms with Crippen molar-refractivity contribution < 1.29 is 22.0 Å². The van der Waals surface area contributed by atoms with Gasteiger partial charge in [-0.1, -0.05) is 11.6 Å². The molecule has 0 aromatic heterocycles. The zero-order valence-electron chi connectivity index (χ0n) is 13.3. The molecule has 9 heteroatoms. The largest absolute Gasteiger partial charge is 0.322 e. The van der Waals surface area contributed by atoms with Gasteiger partial charge in [0.25, 0.3) is 5.91 Å². The van der Waals surface area contributed by atoms with E-state index in [1.165, 1.54) is 6.07 Å². The van der Waals surface area contributed by atoms with Crippen LogP contribution in [0.5, 0.6) is 0 Å². The molecule has 134 valence electrons. The summed E-state index contributed by atoms with van der Waals surface area (Å²) in [5.74, 6) is -2.45. The molecule has 2 aromatic carbocycles. The summed E-state index contributed by atoms with van der Waals surface area (Å²) in [6, 6.07) is 5.97. The van der Waals surface area contributed by atoms with Crippen LogP contribution in [0.3, 0.4) is 0 Å². The van der Waals surface area contributed by atoms with Crippen molar-refractivity contribution in [1.82, 2.24) is 4.72 Å². The first-order valence-corrected chi connectivity index (χ1v) is 9.04. The van der Waals surface area contributed by atoms with Crippen LogP contribution >= 0.6 is 11.6 Å². The molecule has 0 aliphatic rings. The van der Waals surface area contributed by atoms with Gasteiger partial charge in [0.05, 0.1) is 15.5 Å². The minimum atomic E-state index is -3.88. The van der Waals surface area contributed by atoms with Gasteiger partial charge < -0.3 is 5.32 Å². The third-order valence-corrected chi connectivity index (χ3v) is 5.01. The van der Waals surface area contributed by atoms with Crippen molar-refractivity contribution in [1.29, 1.82) is 0 Å². The average Bonchev–Trinajstić information content (AvgIpc) is 2.49. The Labute approximate surface area is 149 Å². The minimum Gasteiger partial charge on any atom is -0.322 e. The SMILES string of the molecule is CC(C)NS(=O)(=O)c1ccc(F)c(C(=O)Nc2ccc(F)c(Cl)c2)c1. The van der Waals surface area contributed by atoms with Gasteiger partial charge in [-0.15, -0.1) is 0 Å². The fourth-order valence-electron chi connectivity index (χ4n) is 2.00. The zero-order valence-corrected chi connectivity index (χ0v) is 14.9. The van der Waals surface area contributed by atoms with Crippen LogP contribution in [0.2, 0.25) is 5.02 Å². The van der Waals surface area contributed by atoms with Crippen molar-refractivity contribution in [2.45, 2.75) is 24.8 Å². The lowest BCUT2D eigenvalue weighted by Crippen LogP contribution is -2.30. The number of carbonyl (C=O) groups excluding carboxylic acids is 1. The molecule has 2 aromatic rings. The predicted molar refractivity (Wildman–Crippen MR) is 91.2 cm³/mol. The van der Waals surface area contributed by atoms with Crippen molar-refractivity contribution in [3.63, 3.8) is 0 Å². The fourth-order valence-corrected chi connectivity index (χ4v) is 3.45. The van der Waals surface area contributed by atoms with Gasteiger partial charge >= 0.3 is 0 Å². The number of rotatable bonds is 5. The number of amides is 1. The Bertz CT molecular complexity index is 918. The van der Waals surface area contributed by atoms with Gasteiger partial charge in [0.2, 0.25) is 10.0 Å². The highest BCUT2D eigenvalue weighted by atomic mass is 35.5. The Morgan fingerprint density at radius 1 is 1.08 bits per heavy atom. The van der Waals surface area contributed by atoms with Crippen molar-refractivity contribution in [2.24, 2.45) is 0 Å². The lowest BCUT2D eigenvalue weighted by atomic mass is 10.2. The van der Waals surface area contributed by atoms with Crippen molar-refractivity contribution in [3.8, 4) is 0 Å². The summed E-state index contributed by atoms with van der Waals surface area (Å²) in [6.07, 6.45) is 0. The number of hydrogen-bond acceptors (Lipinski definition) is 3. The molecule has 5 nitrogen and oxygen atoms in total. The summed E-state index contributed by atoms with van der Waals surface area (Å²) < 4.78 is 53.7. The Hall–Kier alpha value is -2.03. The van der Waals surface area contributed by atoms with Crippen LogP contribution in [0.1, 0.15) is 24.2 Å². The van der Waals surface area contributed by atoms with Crippen LogP contribution in [-0.2, 0) is 10.0 Å². The van der Waals surface area contributed by atoms with Gasteiger partial charge in [0.1, 0.15) is 11.6 Å². The third-order valence-electron chi connectivity index (χ3n) is 3.06. The van der Waals surface area contributed by atoms with E-state index in [1.807, 2.05) is 0 Å². The van der Waals surface area contributed by atoms with E-state index in [0.717, 1.165) is 30.3 Å². The summed E-state index contributed by atoms with van der Waals surface area (Å²) in [7, 11) is -3.88. The van der Waals surface area contributed by atoms with E-state index in [0.29, 0.717) is 0 Å². The number of sulfonamides is 1. The number of halogens is 3. The number of hydrogen-bond donors (Lipinski definition) is 2. The van der Waals surface area contributed by atoms with Crippen LogP contribution < -0.4 is 10.0 Å². The molecule has 0 saturated heterocycles. The summed E-state index contributed by atoms with van der Waals surface area (Å²) >= 11 is 5.62. The molecule has 0 saturated carbocycles. The van der Waals surface area contributed by atoms with Gasteiger partial charge in [-0.3, -0.25) is 4.79 Å². The maximum Gasteiger partial charge on any atom is 0.258 e. The standard InChI is InChI=1S/C16H15ClF2N2O3S/c1-9(2)21-25(23,24)11-4-6-14(18)12(8-11)16(22)20-10-3-5-15(19)13(17)7-10/h3-9,21H,1-2H3,(H,20,22). The Balaban J connectivity index is 2.33. The maximum atomic E-state index is 14.0. The number of anilines is 1. The Morgan fingerprint density at radius 3 is 2.32 bits per heavy atom. The maximum absolute atomic E-state index is 14.0. The van der Waals surface area contributed by atoms with E-state index < -0.39 is 33.1 Å². The molecule has 0 bridgehead atoms. The highest BCUT2D eigenvalue weighted by Gasteiger charge is 2.20. The minimum absolute atomic E-state index is 0.143. The highest BCUT2D eigenvalue weighted by molar-refractivity contribution is 7.89. The Morgan fingerprint density at radius 2 is 1.72 bits per heavy atom. The lowest BCUT2D eigenvalue weighted by Gasteiger charge is -2.11. The topological polar surface area (TPSA) is 75.3 Å². The summed E-state index contributed by atoms with van der Waals surface area (Å²) in [4.78, 5) is 12.0. The van der Waals surface area contributed by atoms with Gasteiger partial charge in [0.15, 0.2) is 0 Å². The molecular formula is C16H15ClF2N2O3S. The number of nitrogens with one attached hydrogen (secondary N) is 2. The van der Waals surface area contributed by atoms with Crippen molar-refractivity contribution in [2.75, 3.05) is 5.32 Å². The average molecular weight is 389 g/mol. The van der Waals surface area contributed by atoms with Gasteiger partial charge in [-0.05, 0) is 50.2 Å². The fraction of sp³-hybridized carbons (Fsp3) is 0.188. The van der Waals surface area contributed by atoms with Crippen LogP contribution in [0, 0.1) is 11.6 Å². The summed E-state index contributed by atoms with van der Waals surface area (Å²) in [6.45, 7) is 3.26. The molecule has 25 heavy (non-hydrogen) atoms. The third kappa shape index (κ3) is 4.75. The van der Waals surface area contributed by atoms with E-state index >= 15 is 0 Å². The lowest BCUT2D eigenvalue weighted by molar-refractivity contribution is 0.102. The van der Waals surface area contributed by atoms with E-state index in [4.69, 9.17) is 11.6 Å². The first kappa shape index (κ1) is 19.3. The second-order valence-electron chi connectivity index (χ2n) is 5.50.